The molecule has 1 aliphatic rings. The van der Waals surface area contributed by atoms with Gasteiger partial charge in [0.15, 0.2) is 5.65 Å². The number of nitrogens with two attached hydrogens (primary N) is 1. The number of carbonyl (C=O) groups is 2. The summed E-state index contributed by atoms with van der Waals surface area (Å²) in [6, 6.07) is 17.0. The first-order valence-corrected chi connectivity index (χ1v) is 12.7. The topological polar surface area (TPSA) is 137 Å². The second-order valence-electron chi connectivity index (χ2n) is 10.3. The first-order valence-electron chi connectivity index (χ1n) is 12.7. The molecule has 0 spiro atoms. The molecule has 2 amide bonds. The highest BCUT2D eigenvalue weighted by Crippen LogP contribution is 2.35. The number of benzene rings is 2. The Morgan fingerprint density at radius 1 is 1.05 bits per heavy atom. The van der Waals surface area contributed by atoms with Gasteiger partial charge < -0.3 is 25.4 Å². The molecule has 5 rings (SSSR count). The fourth-order valence-corrected chi connectivity index (χ4v) is 4.50. The van der Waals surface area contributed by atoms with Gasteiger partial charge in [0.25, 0.3) is 0 Å². The van der Waals surface area contributed by atoms with Crippen LogP contribution in [0, 0.1) is 0 Å². The standard InChI is InChI=1S/C28H31N7O4/c1-28(2,3)39-27(37)30-15-22(36)34-14-13-19(16-34)35-26-23(25(29)31-17-32-26)24(33-35)18-9-11-21(12-10-18)38-20-7-5-4-6-8-20/h4-12,17,19H,13-16H2,1-3H3,(H,30,37)(H2,29,31,32)/t19-/m1/s1. The van der Waals surface area contributed by atoms with E-state index in [1.807, 2.05) is 59.3 Å². The maximum absolute atomic E-state index is 12.8. The van der Waals surface area contributed by atoms with E-state index in [-0.39, 0.29) is 18.5 Å². The third kappa shape index (κ3) is 5.92. The molecule has 1 aliphatic heterocycles. The van der Waals surface area contributed by atoms with Crippen LogP contribution in [0.2, 0.25) is 0 Å². The number of hydrogen-bond acceptors (Lipinski definition) is 8. The van der Waals surface area contributed by atoms with Crippen LogP contribution >= 0.6 is 0 Å². The monoisotopic (exact) mass is 529 g/mol. The average molecular weight is 530 g/mol. The lowest BCUT2D eigenvalue weighted by Gasteiger charge is -2.21. The number of para-hydroxylation sites is 1. The molecule has 0 bridgehead atoms. The molecule has 3 N–H and O–H groups in total. The van der Waals surface area contributed by atoms with Crippen LogP contribution in [-0.4, -0.2) is 61.9 Å². The van der Waals surface area contributed by atoms with E-state index in [9.17, 15) is 9.59 Å². The van der Waals surface area contributed by atoms with E-state index < -0.39 is 11.7 Å². The van der Waals surface area contributed by atoms with Crippen LogP contribution < -0.4 is 15.8 Å². The minimum atomic E-state index is -0.635. The van der Waals surface area contributed by atoms with Gasteiger partial charge in [-0.3, -0.25) is 4.79 Å². The molecule has 11 heteroatoms. The third-order valence-corrected chi connectivity index (χ3v) is 6.27. The number of nitrogen functional groups attached to an aromatic ring is 1. The molecule has 11 nitrogen and oxygen atoms in total. The van der Waals surface area contributed by atoms with Gasteiger partial charge in [-0.1, -0.05) is 18.2 Å². The lowest BCUT2D eigenvalue weighted by atomic mass is 10.1. The van der Waals surface area contributed by atoms with Gasteiger partial charge >= 0.3 is 6.09 Å². The molecule has 39 heavy (non-hydrogen) atoms. The Morgan fingerprint density at radius 2 is 1.77 bits per heavy atom. The Balaban J connectivity index is 1.33. The number of carbonyl (C=O) groups excluding carboxylic acids is 2. The second-order valence-corrected chi connectivity index (χ2v) is 10.3. The minimum Gasteiger partial charge on any atom is -0.457 e. The quantitative estimate of drug-likeness (QED) is 0.380. The van der Waals surface area contributed by atoms with Crippen molar-refractivity contribution in [2.75, 3.05) is 25.4 Å². The van der Waals surface area contributed by atoms with Crippen LogP contribution in [-0.2, 0) is 9.53 Å². The molecule has 4 aromatic rings. The number of ether oxygens (including phenoxy) is 2. The number of nitrogens with zero attached hydrogens (tertiary/aromatic N) is 5. The van der Waals surface area contributed by atoms with E-state index in [0.717, 1.165) is 11.3 Å². The summed E-state index contributed by atoms with van der Waals surface area (Å²) in [5.74, 6) is 1.59. The summed E-state index contributed by atoms with van der Waals surface area (Å²) in [7, 11) is 0. The van der Waals surface area contributed by atoms with E-state index >= 15 is 0 Å². The number of likely N-dealkylation sites (tertiary alicyclic amines) is 1. The van der Waals surface area contributed by atoms with Crippen molar-refractivity contribution >= 4 is 28.9 Å². The highest BCUT2D eigenvalue weighted by Gasteiger charge is 2.31. The highest BCUT2D eigenvalue weighted by atomic mass is 16.6. The number of fused-ring (bicyclic) bond motifs is 1. The molecular weight excluding hydrogens is 498 g/mol. The molecule has 0 aliphatic carbocycles. The summed E-state index contributed by atoms with van der Waals surface area (Å²) in [5.41, 5.74) is 7.75. The predicted octanol–water partition coefficient (Wildman–Crippen LogP) is 4.17. The van der Waals surface area contributed by atoms with Gasteiger partial charge in [-0.15, -0.1) is 0 Å². The lowest BCUT2D eigenvalue weighted by Crippen LogP contribution is -2.41. The largest absolute Gasteiger partial charge is 0.457 e. The van der Waals surface area contributed by atoms with Crippen molar-refractivity contribution in [2.45, 2.75) is 38.8 Å². The molecule has 0 unspecified atom stereocenters. The Morgan fingerprint density at radius 3 is 2.49 bits per heavy atom. The van der Waals surface area contributed by atoms with Crippen molar-refractivity contribution in [3.8, 4) is 22.8 Å². The number of alkyl carbamates (subject to hydrolysis) is 1. The van der Waals surface area contributed by atoms with Crippen molar-refractivity contribution < 1.29 is 19.1 Å². The summed E-state index contributed by atoms with van der Waals surface area (Å²) in [4.78, 5) is 35.1. The van der Waals surface area contributed by atoms with Crippen molar-refractivity contribution in [3.05, 3.63) is 60.9 Å². The maximum atomic E-state index is 12.8. The number of nitrogens with one attached hydrogen (secondary N) is 1. The Bertz CT molecular complexity index is 1480. The van der Waals surface area contributed by atoms with E-state index in [2.05, 4.69) is 15.3 Å². The van der Waals surface area contributed by atoms with Gasteiger partial charge in [0.1, 0.15) is 41.5 Å². The zero-order valence-corrected chi connectivity index (χ0v) is 22.1. The Labute approximate surface area is 225 Å². The summed E-state index contributed by atoms with van der Waals surface area (Å²) < 4.78 is 13.0. The molecule has 1 atom stereocenters. The van der Waals surface area contributed by atoms with E-state index in [0.29, 0.717) is 47.8 Å². The van der Waals surface area contributed by atoms with E-state index in [1.165, 1.54) is 6.33 Å². The molecule has 1 fully saturated rings. The molecule has 0 saturated carbocycles. The van der Waals surface area contributed by atoms with Crippen molar-refractivity contribution in [1.29, 1.82) is 0 Å². The maximum Gasteiger partial charge on any atom is 0.408 e. The first-order chi connectivity index (χ1) is 18.7. The van der Waals surface area contributed by atoms with Gasteiger partial charge in [0.05, 0.1) is 11.4 Å². The average Bonchev–Trinajstić information content (AvgIpc) is 3.54. The fraction of sp³-hybridized carbons (Fsp3) is 0.321. The molecule has 0 radical (unpaired) electrons. The number of anilines is 1. The molecular formula is C28H31N7O4. The molecule has 3 heterocycles. The Hall–Kier alpha value is -4.67. The molecule has 2 aromatic carbocycles. The summed E-state index contributed by atoms with van der Waals surface area (Å²) in [5, 5.41) is 8.08. The van der Waals surface area contributed by atoms with Gasteiger partial charge in [-0.25, -0.2) is 19.4 Å². The van der Waals surface area contributed by atoms with Crippen LogP contribution in [0.4, 0.5) is 10.6 Å². The van der Waals surface area contributed by atoms with Crippen LogP contribution in [0.5, 0.6) is 11.5 Å². The third-order valence-electron chi connectivity index (χ3n) is 6.27. The molecule has 1 saturated heterocycles. The zero-order chi connectivity index (χ0) is 27.6. The van der Waals surface area contributed by atoms with E-state index in [1.54, 1.807) is 25.7 Å². The van der Waals surface area contributed by atoms with Gasteiger partial charge in [-0.2, -0.15) is 5.10 Å². The SMILES string of the molecule is CC(C)(C)OC(=O)NCC(=O)N1CC[C@@H](n2nc(-c3ccc(Oc4ccccc4)cc3)c3c(N)ncnc32)C1. The minimum absolute atomic E-state index is 0.110. The number of rotatable bonds is 6. The van der Waals surface area contributed by atoms with Crippen LogP contribution in [0.1, 0.15) is 33.2 Å². The zero-order valence-electron chi connectivity index (χ0n) is 22.1. The smallest absolute Gasteiger partial charge is 0.408 e. The normalized spacial score (nSPS) is 15.4. The van der Waals surface area contributed by atoms with Crippen LogP contribution in [0.15, 0.2) is 60.9 Å². The summed E-state index contributed by atoms with van der Waals surface area (Å²) >= 11 is 0. The molecule has 202 valence electrons. The van der Waals surface area contributed by atoms with Crippen LogP contribution in [0.3, 0.4) is 0 Å². The number of hydrogen-bond donors (Lipinski definition) is 2. The number of aromatic nitrogens is 4. The van der Waals surface area contributed by atoms with Crippen LogP contribution in [0.25, 0.3) is 22.3 Å². The first kappa shape index (κ1) is 26.0. The summed E-state index contributed by atoms with van der Waals surface area (Å²) in [6.45, 7) is 6.13. The van der Waals surface area contributed by atoms with Crippen molar-refractivity contribution in [3.63, 3.8) is 0 Å². The predicted molar refractivity (Wildman–Crippen MR) is 146 cm³/mol. The lowest BCUT2D eigenvalue weighted by molar-refractivity contribution is -0.129. The second kappa shape index (κ2) is 10.6. The summed E-state index contributed by atoms with van der Waals surface area (Å²) in [6.07, 6.45) is 1.47. The fourth-order valence-electron chi connectivity index (χ4n) is 4.50. The van der Waals surface area contributed by atoms with Gasteiger partial charge in [-0.05, 0) is 63.6 Å². The van der Waals surface area contributed by atoms with Gasteiger partial charge in [0.2, 0.25) is 5.91 Å². The number of amides is 2. The van der Waals surface area contributed by atoms with Crippen molar-refractivity contribution in [1.82, 2.24) is 30.0 Å². The van der Waals surface area contributed by atoms with Gasteiger partial charge in [0, 0.05) is 18.7 Å². The highest BCUT2D eigenvalue weighted by molar-refractivity contribution is 5.98. The Kier molecular flexibility index (Phi) is 7.05. The molecule has 2 aromatic heterocycles. The van der Waals surface area contributed by atoms with E-state index in [4.69, 9.17) is 20.3 Å². The van der Waals surface area contributed by atoms with Crippen molar-refractivity contribution in [2.24, 2.45) is 0 Å².